The van der Waals surface area contributed by atoms with Crippen LogP contribution in [0.1, 0.15) is 6.42 Å². The molecular weight excluding hydrogens is 364 g/mol. The van der Waals surface area contributed by atoms with Crippen molar-refractivity contribution in [2.75, 3.05) is 27.2 Å². The molecule has 4 aromatic rings. The van der Waals surface area contributed by atoms with Crippen LogP contribution in [-0.4, -0.2) is 46.7 Å². The van der Waals surface area contributed by atoms with Crippen molar-refractivity contribution in [1.82, 2.24) is 19.4 Å². The number of H-pyrrole nitrogens is 1. The zero-order valence-corrected chi connectivity index (χ0v) is 16.6. The molecule has 29 heavy (non-hydrogen) atoms. The van der Waals surface area contributed by atoms with Crippen LogP contribution >= 0.6 is 0 Å². The Morgan fingerprint density at radius 2 is 1.83 bits per heavy atom. The van der Waals surface area contributed by atoms with Gasteiger partial charge < -0.3 is 19.2 Å². The van der Waals surface area contributed by atoms with Crippen LogP contribution in [0, 0.1) is 0 Å². The second-order valence-corrected chi connectivity index (χ2v) is 7.21. The molecule has 6 nitrogen and oxygen atoms in total. The van der Waals surface area contributed by atoms with Gasteiger partial charge in [-0.05, 0) is 50.3 Å². The minimum absolute atomic E-state index is 0.149. The molecule has 2 aromatic carbocycles. The molecule has 0 bridgehead atoms. The third-order valence-electron chi connectivity index (χ3n) is 4.81. The van der Waals surface area contributed by atoms with Crippen LogP contribution in [0.4, 0.5) is 0 Å². The molecule has 1 N–H and O–H groups in total. The topological polar surface area (TPSA) is 63.1 Å². The first-order valence-corrected chi connectivity index (χ1v) is 9.65. The zero-order chi connectivity index (χ0) is 20.2. The van der Waals surface area contributed by atoms with Crippen molar-refractivity contribution in [3.8, 4) is 22.6 Å². The fourth-order valence-electron chi connectivity index (χ4n) is 3.38. The molecule has 0 saturated carbocycles. The lowest BCUT2D eigenvalue weighted by molar-refractivity contribution is 0.281. The number of aromatic nitrogens is 3. The second-order valence-electron chi connectivity index (χ2n) is 7.21. The molecule has 2 heterocycles. The largest absolute Gasteiger partial charge is 0.494 e. The van der Waals surface area contributed by atoms with E-state index in [0.717, 1.165) is 35.5 Å². The first-order chi connectivity index (χ1) is 14.1. The first-order valence-electron chi connectivity index (χ1n) is 9.65. The standard InChI is InChI=1S/C23H24N4O2/c1-26(2)13-6-14-29-19-11-9-17(10-12-19)20-15-27(18-7-4-3-5-8-18)22-21(20)23(28)25-16-24-22/h3-5,7-12,15-16H,6,13-14H2,1-2H3,(H,24,25,28). The van der Waals surface area contributed by atoms with E-state index in [1.807, 2.05) is 65.4 Å². The quantitative estimate of drug-likeness (QED) is 0.490. The molecule has 0 spiro atoms. The van der Waals surface area contributed by atoms with Gasteiger partial charge in [0, 0.05) is 24.0 Å². The number of hydrogen-bond acceptors (Lipinski definition) is 4. The summed E-state index contributed by atoms with van der Waals surface area (Å²) in [5.41, 5.74) is 3.24. The molecule has 0 fully saturated rings. The average molecular weight is 388 g/mol. The maximum atomic E-state index is 12.6. The van der Waals surface area contributed by atoms with E-state index in [4.69, 9.17) is 4.74 Å². The summed E-state index contributed by atoms with van der Waals surface area (Å²) in [5, 5.41) is 0.580. The van der Waals surface area contributed by atoms with E-state index in [1.165, 1.54) is 6.33 Å². The lowest BCUT2D eigenvalue weighted by Crippen LogP contribution is -2.15. The summed E-state index contributed by atoms with van der Waals surface area (Å²) < 4.78 is 7.77. The van der Waals surface area contributed by atoms with Crippen LogP contribution in [0.5, 0.6) is 5.75 Å². The number of ether oxygens (including phenoxy) is 1. The van der Waals surface area contributed by atoms with Gasteiger partial charge in [0.2, 0.25) is 0 Å². The monoisotopic (exact) mass is 388 g/mol. The smallest absolute Gasteiger partial charge is 0.260 e. The minimum Gasteiger partial charge on any atom is -0.494 e. The highest BCUT2D eigenvalue weighted by molar-refractivity contribution is 5.94. The van der Waals surface area contributed by atoms with Gasteiger partial charge in [0.1, 0.15) is 5.75 Å². The molecule has 4 rings (SSSR count). The predicted molar refractivity (Wildman–Crippen MR) is 116 cm³/mol. The number of benzene rings is 2. The van der Waals surface area contributed by atoms with Crippen molar-refractivity contribution in [3.05, 3.63) is 77.5 Å². The molecule has 0 saturated heterocycles. The van der Waals surface area contributed by atoms with Gasteiger partial charge in [-0.3, -0.25) is 4.79 Å². The lowest BCUT2D eigenvalue weighted by atomic mass is 10.1. The summed E-state index contributed by atoms with van der Waals surface area (Å²) in [7, 11) is 4.11. The SMILES string of the molecule is CN(C)CCCOc1ccc(-c2cn(-c3ccccc3)c3nc[nH]c(=O)c23)cc1. The van der Waals surface area contributed by atoms with Crippen molar-refractivity contribution in [1.29, 1.82) is 0 Å². The van der Waals surface area contributed by atoms with E-state index < -0.39 is 0 Å². The lowest BCUT2D eigenvalue weighted by Gasteiger charge is -2.10. The van der Waals surface area contributed by atoms with Gasteiger partial charge in [-0.1, -0.05) is 30.3 Å². The van der Waals surface area contributed by atoms with Crippen LogP contribution in [0.15, 0.2) is 71.9 Å². The highest BCUT2D eigenvalue weighted by Gasteiger charge is 2.15. The Morgan fingerprint density at radius 1 is 1.07 bits per heavy atom. The summed E-state index contributed by atoms with van der Waals surface area (Å²) in [4.78, 5) is 21.8. The molecule has 0 amide bonds. The van der Waals surface area contributed by atoms with E-state index in [9.17, 15) is 4.79 Å². The number of hydrogen-bond donors (Lipinski definition) is 1. The highest BCUT2D eigenvalue weighted by Crippen LogP contribution is 2.30. The van der Waals surface area contributed by atoms with Crippen LogP contribution in [0.2, 0.25) is 0 Å². The van der Waals surface area contributed by atoms with Gasteiger partial charge in [0.25, 0.3) is 5.56 Å². The summed E-state index contributed by atoms with van der Waals surface area (Å²) in [6.07, 6.45) is 4.38. The number of rotatable bonds is 7. The molecule has 2 aromatic heterocycles. The summed E-state index contributed by atoms with van der Waals surface area (Å²) >= 11 is 0. The van der Waals surface area contributed by atoms with Gasteiger partial charge in [0.05, 0.1) is 18.3 Å². The Hall–Kier alpha value is -3.38. The van der Waals surface area contributed by atoms with Crippen molar-refractivity contribution < 1.29 is 4.74 Å². The van der Waals surface area contributed by atoms with E-state index in [1.54, 1.807) is 0 Å². The Bertz CT molecular complexity index is 1150. The number of para-hydroxylation sites is 1. The van der Waals surface area contributed by atoms with Gasteiger partial charge in [0.15, 0.2) is 5.65 Å². The third-order valence-corrected chi connectivity index (χ3v) is 4.81. The average Bonchev–Trinajstić information content (AvgIpc) is 3.13. The summed E-state index contributed by atoms with van der Waals surface area (Å²) in [6, 6.07) is 17.8. The highest BCUT2D eigenvalue weighted by atomic mass is 16.5. The molecule has 0 aliphatic carbocycles. The minimum atomic E-state index is -0.149. The normalized spacial score (nSPS) is 11.3. The third kappa shape index (κ3) is 4.07. The second kappa shape index (κ2) is 8.32. The van der Waals surface area contributed by atoms with Crippen molar-refractivity contribution in [2.45, 2.75) is 6.42 Å². The number of fused-ring (bicyclic) bond motifs is 1. The summed E-state index contributed by atoms with van der Waals surface area (Å²) in [6.45, 7) is 1.67. The van der Waals surface area contributed by atoms with E-state index in [0.29, 0.717) is 17.6 Å². The van der Waals surface area contributed by atoms with Crippen LogP contribution in [0.3, 0.4) is 0 Å². The first kappa shape index (κ1) is 19.0. The van der Waals surface area contributed by atoms with E-state index >= 15 is 0 Å². The van der Waals surface area contributed by atoms with Gasteiger partial charge in [-0.2, -0.15) is 0 Å². The Kier molecular flexibility index (Phi) is 5.44. The van der Waals surface area contributed by atoms with Crippen LogP contribution < -0.4 is 10.3 Å². The van der Waals surface area contributed by atoms with Crippen molar-refractivity contribution in [2.24, 2.45) is 0 Å². The molecule has 0 aliphatic heterocycles. The predicted octanol–water partition coefficient (Wildman–Crippen LogP) is 3.71. The maximum Gasteiger partial charge on any atom is 0.260 e. The molecular formula is C23H24N4O2. The van der Waals surface area contributed by atoms with Crippen molar-refractivity contribution in [3.63, 3.8) is 0 Å². The number of nitrogens with one attached hydrogen (secondary N) is 1. The number of nitrogens with zero attached hydrogens (tertiary/aromatic N) is 3. The van der Waals surface area contributed by atoms with Crippen LogP contribution in [0.25, 0.3) is 27.8 Å². The molecule has 0 atom stereocenters. The van der Waals surface area contributed by atoms with Gasteiger partial charge >= 0.3 is 0 Å². The van der Waals surface area contributed by atoms with Crippen LogP contribution in [-0.2, 0) is 0 Å². The molecule has 0 unspecified atom stereocenters. The molecule has 0 radical (unpaired) electrons. The summed E-state index contributed by atoms with van der Waals surface area (Å²) in [5.74, 6) is 0.825. The Balaban J connectivity index is 1.67. The zero-order valence-electron chi connectivity index (χ0n) is 16.6. The molecule has 148 valence electrons. The van der Waals surface area contributed by atoms with Crippen molar-refractivity contribution >= 4 is 11.0 Å². The Morgan fingerprint density at radius 3 is 2.55 bits per heavy atom. The molecule has 0 aliphatic rings. The van der Waals surface area contributed by atoms with Gasteiger partial charge in [-0.25, -0.2) is 4.98 Å². The van der Waals surface area contributed by atoms with Gasteiger partial charge in [-0.15, -0.1) is 0 Å². The van der Waals surface area contributed by atoms with E-state index in [2.05, 4.69) is 29.0 Å². The fourth-order valence-corrected chi connectivity index (χ4v) is 3.38. The molecule has 6 heteroatoms. The Labute approximate surface area is 169 Å². The van der Waals surface area contributed by atoms with E-state index in [-0.39, 0.29) is 5.56 Å². The fraction of sp³-hybridized carbons (Fsp3) is 0.217. The number of aromatic amines is 1. The maximum absolute atomic E-state index is 12.6.